The molecule has 0 radical (unpaired) electrons. The van der Waals surface area contributed by atoms with Crippen LogP contribution in [0.25, 0.3) is 0 Å². The third-order valence-corrected chi connectivity index (χ3v) is 2.50. The largest absolute Gasteiger partial charge is 0.374 e. The van der Waals surface area contributed by atoms with E-state index < -0.39 is 0 Å². The van der Waals surface area contributed by atoms with Crippen molar-refractivity contribution < 1.29 is 9.13 Å². The van der Waals surface area contributed by atoms with E-state index in [9.17, 15) is 4.39 Å². The van der Waals surface area contributed by atoms with Crippen LogP contribution in [0.4, 0.5) is 4.39 Å². The summed E-state index contributed by atoms with van der Waals surface area (Å²) in [5, 5.41) is 3.15. The maximum atomic E-state index is 13.3. The standard InChI is InChI=1S/C14H22FNO/c1-10-6-11(8-12(15)7-10)13(16-5)9-17-14(2,3)4/h6-8,13,16H,9H2,1-5H3. The van der Waals surface area contributed by atoms with Crippen LogP contribution in [0.1, 0.15) is 37.9 Å². The molecule has 1 aromatic carbocycles. The zero-order valence-electron chi connectivity index (χ0n) is 11.3. The molecule has 17 heavy (non-hydrogen) atoms. The first-order chi connectivity index (χ1) is 7.81. The molecule has 1 N–H and O–H groups in total. The fraction of sp³-hybridized carbons (Fsp3) is 0.571. The average Bonchev–Trinajstić information content (AvgIpc) is 2.15. The Morgan fingerprint density at radius 3 is 2.41 bits per heavy atom. The smallest absolute Gasteiger partial charge is 0.123 e. The zero-order chi connectivity index (χ0) is 13.1. The van der Waals surface area contributed by atoms with Gasteiger partial charge in [-0.05, 0) is 58.0 Å². The van der Waals surface area contributed by atoms with E-state index in [0.717, 1.165) is 11.1 Å². The van der Waals surface area contributed by atoms with Crippen LogP contribution in [0.2, 0.25) is 0 Å². The lowest BCUT2D eigenvalue weighted by Gasteiger charge is -2.24. The molecule has 0 saturated heterocycles. The van der Waals surface area contributed by atoms with Gasteiger partial charge in [0.25, 0.3) is 0 Å². The highest BCUT2D eigenvalue weighted by Crippen LogP contribution is 2.19. The summed E-state index contributed by atoms with van der Waals surface area (Å²) in [6.45, 7) is 8.45. The molecule has 0 fully saturated rings. The average molecular weight is 239 g/mol. The van der Waals surface area contributed by atoms with Gasteiger partial charge in [0.05, 0.1) is 18.2 Å². The Hall–Kier alpha value is -0.930. The van der Waals surface area contributed by atoms with E-state index in [0.29, 0.717) is 6.61 Å². The SMILES string of the molecule is CNC(COC(C)(C)C)c1cc(C)cc(F)c1. The summed E-state index contributed by atoms with van der Waals surface area (Å²) in [4.78, 5) is 0. The predicted octanol–water partition coefficient (Wildman–Crippen LogP) is 3.21. The lowest BCUT2D eigenvalue weighted by molar-refractivity contribution is -0.0139. The van der Waals surface area contributed by atoms with Crippen LogP contribution in [-0.2, 0) is 4.74 Å². The first-order valence-electron chi connectivity index (χ1n) is 5.90. The van der Waals surface area contributed by atoms with Crippen LogP contribution in [0, 0.1) is 12.7 Å². The number of halogens is 1. The van der Waals surface area contributed by atoms with E-state index >= 15 is 0 Å². The monoisotopic (exact) mass is 239 g/mol. The Kier molecular flexibility index (Phi) is 4.66. The fourth-order valence-electron chi connectivity index (χ4n) is 1.65. The van der Waals surface area contributed by atoms with Crippen LogP contribution in [-0.4, -0.2) is 19.3 Å². The van der Waals surface area contributed by atoms with Crippen molar-refractivity contribution in [3.05, 3.63) is 35.1 Å². The molecule has 0 aromatic heterocycles. The number of benzene rings is 1. The lowest BCUT2D eigenvalue weighted by Crippen LogP contribution is -2.28. The van der Waals surface area contributed by atoms with Crippen molar-refractivity contribution in [2.45, 2.75) is 39.3 Å². The summed E-state index contributed by atoms with van der Waals surface area (Å²) in [7, 11) is 1.86. The van der Waals surface area contributed by atoms with Crippen LogP contribution in [0.15, 0.2) is 18.2 Å². The third kappa shape index (κ3) is 4.84. The molecule has 0 aliphatic carbocycles. The molecule has 2 nitrogen and oxygen atoms in total. The molecule has 96 valence electrons. The normalized spacial score (nSPS) is 13.8. The van der Waals surface area contributed by atoms with E-state index in [-0.39, 0.29) is 17.5 Å². The maximum absolute atomic E-state index is 13.3. The van der Waals surface area contributed by atoms with Crippen molar-refractivity contribution in [2.24, 2.45) is 0 Å². The Morgan fingerprint density at radius 2 is 1.94 bits per heavy atom. The van der Waals surface area contributed by atoms with Gasteiger partial charge in [0.15, 0.2) is 0 Å². The number of ether oxygens (including phenoxy) is 1. The van der Waals surface area contributed by atoms with E-state index in [1.807, 2.05) is 40.8 Å². The van der Waals surface area contributed by atoms with Crippen molar-refractivity contribution in [3.63, 3.8) is 0 Å². The van der Waals surface area contributed by atoms with Gasteiger partial charge in [0, 0.05) is 0 Å². The highest BCUT2D eigenvalue weighted by atomic mass is 19.1. The summed E-state index contributed by atoms with van der Waals surface area (Å²) in [6, 6.07) is 5.08. The fourth-order valence-corrected chi connectivity index (χ4v) is 1.65. The summed E-state index contributed by atoms with van der Waals surface area (Å²) < 4.78 is 19.1. The van der Waals surface area contributed by atoms with E-state index in [2.05, 4.69) is 5.32 Å². The molecule has 1 atom stereocenters. The summed E-state index contributed by atoms with van der Waals surface area (Å²) in [5.74, 6) is -0.198. The van der Waals surface area contributed by atoms with Crippen LogP contribution in [0.5, 0.6) is 0 Å². The number of nitrogens with one attached hydrogen (secondary N) is 1. The highest BCUT2D eigenvalue weighted by molar-refractivity contribution is 5.26. The number of aryl methyl sites for hydroxylation is 1. The molecule has 0 saturated carbocycles. The Bertz CT molecular complexity index is 351. The highest BCUT2D eigenvalue weighted by Gasteiger charge is 2.16. The van der Waals surface area contributed by atoms with Gasteiger partial charge in [0.1, 0.15) is 5.82 Å². The number of likely N-dealkylation sites (N-methyl/N-ethyl adjacent to an activating group) is 1. The number of rotatable bonds is 4. The molecule has 0 amide bonds. The molecule has 3 heteroatoms. The summed E-state index contributed by atoms with van der Waals surface area (Å²) in [5.41, 5.74) is 1.67. The minimum atomic E-state index is -0.198. The van der Waals surface area contributed by atoms with Crippen molar-refractivity contribution >= 4 is 0 Å². The molecular formula is C14H22FNO. The van der Waals surface area contributed by atoms with Gasteiger partial charge in [-0.1, -0.05) is 6.07 Å². The zero-order valence-corrected chi connectivity index (χ0v) is 11.3. The lowest BCUT2D eigenvalue weighted by atomic mass is 10.0. The van der Waals surface area contributed by atoms with Crippen LogP contribution < -0.4 is 5.32 Å². The Balaban J connectivity index is 2.79. The van der Waals surface area contributed by atoms with Crippen LogP contribution >= 0.6 is 0 Å². The molecule has 0 spiro atoms. The van der Waals surface area contributed by atoms with Gasteiger partial charge in [-0.15, -0.1) is 0 Å². The van der Waals surface area contributed by atoms with Gasteiger partial charge in [-0.2, -0.15) is 0 Å². The van der Waals surface area contributed by atoms with E-state index in [1.165, 1.54) is 6.07 Å². The topological polar surface area (TPSA) is 21.3 Å². The van der Waals surface area contributed by atoms with E-state index in [1.54, 1.807) is 6.07 Å². The van der Waals surface area contributed by atoms with Gasteiger partial charge < -0.3 is 10.1 Å². The van der Waals surface area contributed by atoms with E-state index in [4.69, 9.17) is 4.74 Å². The molecule has 1 unspecified atom stereocenters. The minimum absolute atomic E-state index is 0.0172. The molecule has 1 rings (SSSR count). The first-order valence-corrected chi connectivity index (χ1v) is 5.90. The number of hydrogen-bond acceptors (Lipinski definition) is 2. The Labute approximate surface area is 103 Å². The van der Waals surface area contributed by atoms with Crippen molar-refractivity contribution in [2.75, 3.05) is 13.7 Å². The quantitative estimate of drug-likeness (QED) is 0.871. The minimum Gasteiger partial charge on any atom is -0.374 e. The van der Waals surface area contributed by atoms with Gasteiger partial charge in [-0.3, -0.25) is 0 Å². The van der Waals surface area contributed by atoms with Crippen molar-refractivity contribution in [1.82, 2.24) is 5.32 Å². The van der Waals surface area contributed by atoms with Gasteiger partial charge in [0.2, 0.25) is 0 Å². The van der Waals surface area contributed by atoms with Crippen molar-refractivity contribution in [3.8, 4) is 0 Å². The Morgan fingerprint density at radius 1 is 1.29 bits per heavy atom. The molecule has 0 bridgehead atoms. The summed E-state index contributed by atoms with van der Waals surface area (Å²) >= 11 is 0. The number of hydrogen-bond donors (Lipinski definition) is 1. The van der Waals surface area contributed by atoms with Crippen LogP contribution in [0.3, 0.4) is 0 Å². The second kappa shape index (κ2) is 5.61. The van der Waals surface area contributed by atoms with Gasteiger partial charge >= 0.3 is 0 Å². The predicted molar refractivity (Wildman–Crippen MR) is 68.6 cm³/mol. The molecule has 0 aliphatic rings. The second-order valence-electron chi connectivity index (χ2n) is 5.33. The van der Waals surface area contributed by atoms with Gasteiger partial charge in [-0.25, -0.2) is 4.39 Å². The first kappa shape index (κ1) is 14.1. The third-order valence-electron chi connectivity index (χ3n) is 2.50. The molecular weight excluding hydrogens is 217 g/mol. The summed E-state index contributed by atoms with van der Waals surface area (Å²) in [6.07, 6.45) is 0. The molecule has 0 heterocycles. The molecule has 1 aromatic rings. The molecule has 0 aliphatic heterocycles. The maximum Gasteiger partial charge on any atom is 0.123 e. The second-order valence-corrected chi connectivity index (χ2v) is 5.33. The van der Waals surface area contributed by atoms with Crippen molar-refractivity contribution in [1.29, 1.82) is 0 Å².